The summed E-state index contributed by atoms with van der Waals surface area (Å²) in [6.07, 6.45) is 1.69. The van der Waals surface area contributed by atoms with Crippen LogP contribution >= 0.6 is 0 Å². The molecule has 0 amide bonds. The maximum absolute atomic E-state index is 15.8. The average molecular weight is 450 g/mol. The monoisotopic (exact) mass is 449 g/mol. The fourth-order valence-electron chi connectivity index (χ4n) is 5.32. The Kier molecular flexibility index (Phi) is 4.40. The third-order valence-electron chi connectivity index (χ3n) is 6.96. The molecule has 6 aromatic carbocycles. The van der Waals surface area contributed by atoms with E-state index in [1.807, 2.05) is 42.5 Å². The van der Waals surface area contributed by atoms with E-state index in [1.165, 1.54) is 10.8 Å². The van der Waals surface area contributed by atoms with Crippen LogP contribution in [-0.2, 0) is 0 Å². The first-order valence-electron chi connectivity index (χ1n) is 11.8. The number of fused-ring (bicyclic) bond motifs is 6. The van der Waals surface area contributed by atoms with Crippen molar-refractivity contribution in [3.8, 4) is 22.4 Å². The molecule has 0 atom stereocenters. The summed E-state index contributed by atoms with van der Waals surface area (Å²) in [5.74, 6) is -0.271. The molecule has 0 radical (unpaired) electrons. The average Bonchev–Trinajstić information content (AvgIpc) is 2.92. The summed E-state index contributed by atoms with van der Waals surface area (Å²) in [6.45, 7) is 0. The van der Waals surface area contributed by atoms with E-state index in [9.17, 15) is 0 Å². The molecular formula is C33H20FN. The predicted octanol–water partition coefficient (Wildman–Crippen LogP) is 9.17. The van der Waals surface area contributed by atoms with E-state index in [2.05, 4.69) is 66.7 Å². The van der Waals surface area contributed by atoms with Gasteiger partial charge in [0.25, 0.3) is 0 Å². The molecule has 0 aliphatic carbocycles. The first kappa shape index (κ1) is 19.9. The third-order valence-corrected chi connectivity index (χ3v) is 6.96. The molecule has 0 aliphatic heterocycles. The normalized spacial score (nSPS) is 11.6. The zero-order chi connectivity index (χ0) is 23.4. The quantitative estimate of drug-likeness (QED) is 0.240. The molecule has 1 heterocycles. The van der Waals surface area contributed by atoms with Gasteiger partial charge in [0.05, 0.1) is 5.69 Å². The lowest BCUT2D eigenvalue weighted by Crippen LogP contribution is -1.93. The van der Waals surface area contributed by atoms with E-state index in [0.717, 1.165) is 43.4 Å². The second-order valence-corrected chi connectivity index (χ2v) is 8.93. The van der Waals surface area contributed by atoms with Crippen LogP contribution in [0.3, 0.4) is 0 Å². The number of nitrogens with zero attached hydrogens (tertiary/aromatic N) is 1. The summed E-state index contributed by atoms with van der Waals surface area (Å²) in [4.78, 5) is 4.79. The van der Waals surface area contributed by atoms with E-state index >= 15 is 4.39 Å². The highest BCUT2D eigenvalue weighted by Crippen LogP contribution is 2.38. The lowest BCUT2D eigenvalue weighted by Gasteiger charge is -2.13. The lowest BCUT2D eigenvalue weighted by molar-refractivity contribution is 0.630. The molecule has 0 saturated heterocycles. The molecule has 2 heteroatoms. The van der Waals surface area contributed by atoms with Crippen molar-refractivity contribution in [3.63, 3.8) is 0 Å². The number of hydrogen-bond donors (Lipinski definition) is 0. The Morgan fingerprint density at radius 2 is 0.886 bits per heavy atom. The standard InChI is InChI=1S/C33H20FN/c34-32-19-33(30-18-22-10-2-4-12-24(22)26-14-6-8-16-28(26)30)35-20-31(32)29-17-21-9-1-3-11-23(21)25-13-5-7-15-27(25)29/h1-20H. The second-order valence-electron chi connectivity index (χ2n) is 8.93. The van der Waals surface area contributed by atoms with Crippen molar-refractivity contribution in [2.75, 3.05) is 0 Å². The molecule has 7 rings (SSSR count). The minimum absolute atomic E-state index is 0.271. The molecule has 0 spiro atoms. The minimum Gasteiger partial charge on any atom is -0.255 e. The fourth-order valence-corrected chi connectivity index (χ4v) is 5.32. The van der Waals surface area contributed by atoms with Crippen LogP contribution in [0.15, 0.2) is 121 Å². The van der Waals surface area contributed by atoms with E-state index in [0.29, 0.717) is 11.3 Å². The molecule has 0 aliphatic rings. The third kappa shape index (κ3) is 3.11. The van der Waals surface area contributed by atoms with Crippen LogP contribution in [0.4, 0.5) is 4.39 Å². The van der Waals surface area contributed by atoms with Crippen LogP contribution in [0.1, 0.15) is 0 Å². The molecule has 164 valence electrons. The Morgan fingerprint density at radius 3 is 1.46 bits per heavy atom. The summed E-state index contributed by atoms with van der Waals surface area (Å²) < 4.78 is 15.8. The zero-order valence-corrected chi connectivity index (χ0v) is 18.9. The highest BCUT2D eigenvalue weighted by Gasteiger charge is 2.15. The molecule has 1 aromatic heterocycles. The maximum Gasteiger partial charge on any atom is 0.134 e. The molecule has 0 bridgehead atoms. The number of hydrogen-bond acceptors (Lipinski definition) is 1. The maximum atomic E-state index is 15.8. The van der Waals surface area contributed by atoms with E-state index < -0.39 is 0 Å². The van der Waals surface area contributed by atoms with Gasteiger partial charge >= 0.3 is 0 Å². The SMILES string of the molecule is Fc1cc(-c2cc3ccccc3c3ccccc23)ncc1-c1cc2ccccc2c2ccccc12. The van der Waals surface area contributed by atoms with Crippen molar-refractivity contribution in [2.24, 2.45) is 0 Å². The molecule has 0 fully saturated rings. The van der Waals surface area contributed by atoms with Gasteiger partial charge in [-0.1, -0.05) is 97.1 Å². The van der Waals surface area contributed by atoms with Crippen molar-refractivity contribution in [1.29, 1.82) is 0 Å². The van der Waals surface area contributed by atoms with Crippen LogP contribution < -0.4 is 0 Å². The van der Waals surface area contributed by atoms with Gasteiger partial charge in [0.15, 0.2) is 0 Å². The number of aromatic nitrogens is 1. The molecule has 7 aromatic rings. The van der Waals surface area contributed by atoms with E-state index in [-0.39, 0.29) is 5.82 Å². The van der Waals surface area contributed by atoms with E-state index in [4.69, 9.17) is 4.98 Å². The second kappa shape index (κ2) is 7.75. The van der Waals surface area contributed by atoms with Crippen molar-refractivity contribution < 1.29 is 4.39 Å². The predicted molar refractivity (Wildman–Crippen MR) is 145 cm³/mol. The lowest BCUT2D eigenvalue weighted by atomic mass is 9.92. The minimum atomic E-state index is -0.271. The Balaban J connectivity index is 1.46. The number of benzene rings is 6. The number of rotatable bonds is 2. The summed E-state index contributed by atoms with van der Waals surface area (Å²) in [5, 5.41) is 8.92. The molecule has 35 heavy (non-hydrogen) atoms. The Morgan fingerprint density at radius 1 is 0.429 bits per heavy atom. The van der Waals surface area contributed by atoms with Crippen molar-refractivity contribution in [3.05, 3.63) is 127 Å². The van der Waals surface area contributed by atoms with Gasteiger partial charge in [0.1, 0.15) is 5.82 Å². The van der Waals surface area contributed by atoms with Gasteiger partial charge in [-0.05, 0) is 60.8 Å². The van der Waals surface area contributed by atoms with Crippen LogP contribution in [0.5, 0.6) is 0 Å². The first-order valence-corrected chi connectivity index (χ1v) is 11.8. The topological polar surface area (TPSA) is 12.9 Å². The van der Waals surface area contributed by atoms with Gasteiger partial charge in [-0.25, -0.2) is 4.39 Å². The van der Waals surface area contributed by atoms with Crippen LogP contribution in [0.2, 0.25) is 0 Å². The highest BCUT2D eigenvalue weighted by molar-refractivity contribution is 6.15. The van der Waals surface area contributed by atoms with Crippen LogP contribution in [-0.4, -0.2) is 4.98 Å². The van der Waals surface area contributed by atoms with Gasteiger partial charge in [-0.15, -0.1) is 0 Å². The van der Waals surface area contributed by atoms with Gasteiger partial charge in [-0.3, -0.25) is 4.98 Å². The smallest absolute Gasteiger partial charge is 0.134 e. The summed E-state index contributed by atoms with van der Waals surface area (Å²) in [7, 11) is 0. The molecule has 0 unspecified atom stereocenters. The van der Waals surface area contributed by atoms with E-state index in [1.54, 1.807) is 12.3 Å². The number of halogens is 1. The Labute approximate surface area is 202 Å². The van der Waals surface area contributed by atoms with Crippen LogP contribution in [0.25, 0.3) is 65.5 Å². The number of pyridine rings is 1. The highest BCUT2D eigenvalue weighted by atomic mass is 19.1. The fraction of sp³-hybridized carbons (Fsp3) is 0. The molecule has 0 saturated carbocycles. The zero-order valence-electron chi connectivity index (χ0n) is 18.9. The first-order chi connectivity index (χ1) is 17.3. The largest absolute Gasteiger partial charge is 0.255 e. The van der Waals surface area contributed by atoms with Crippen LogP contribution in [0, 0.1) is 5.82 Å². The van der Waals surface area contributed by atoms with Gasteiger partial charge < -0.3 is 0 Å². The van der Waals surface area contributed by atoms with Crippen molar-refractivity contribution >= 4 is 43.1 Å². The van der Waals surface area contributed by atoms with Gasteiger partial charge in [0, 0.05) is 23.4 Å². The summed E-state index contributed by atoms with van der Waals surface area (Å²) in [5.41, 5.74) is 2.95. The Hall–Kier alpha value is -4.56. The van der Waals surface area contributed by atoms with Crippen molar-refractivity contribution in [2.45, 2.75) is 0 Å². The molecule has 0 N–H and O–H groups in total. The Bertz CT molecular complexity index is 1920. The summed E-state index contributed by atoms with van der Waals surface area (Å²) in [6, 6.07) is 38.8. The van der Waals surface area contributed by atoms with Gasteiger partial charge in [0.2, 0.25) is 0 Å². The molecule has 1 nitrogen and oxygen atoms in total. The summed E-state index contributed by atoms with van der Waals surface area (Å²) >= 11 is 0. The van der Waals surface area contributed by atoms with Crippen molar-refractivity contribution in [1.82, 2.24) is 4.98 Å². The molecular weight excluding hydrogens is 429 g/mol. The van der Waals surface area contributed by atoms with Gasteiger partial charge in [-0.2, -0.15) is 0 Å².